The Bertz CT molecular complexity index is 1140. The van der Waals surface area contributed by atoms with Gasteiger partial charge in [-0.15, -0.1) is 0 Å². The van der Waals surface area contributed by atoms with Gasteiger partial charge in [-0.2, -0.15) is 0 Å². The van der Waals surface area contributed by atoms with Crippen molar-refractivity contribution in [2.75, 3.05) is 81.3 Å². The largest absolute Gasteiger partial charge is 0.382 e. The monoisotopic (exact) mass is 809 g/mol. The van der Waals surface area contributed by atoms with Gasteiger partial charge in [0.25, 0.3) is 0 Å². The molecule has 8 N–H and O–H groups in total. The first-order valence-corrected chi connectivity index (χ1v) is 18.6. The van der Waals surface area contributed by atoms with E-state index in [-0.39, 0.29) is 65.0 Å². The van der Waals surface area contributed by atoms with E-state index in [1.165, 1.54) is 28.4 Å². The lowest BCUT2D eigenvalue weighted by molar-refractivity contribution is -0.133. The summed E-state index contributed by atoms with van der Waals surface area (Å²) in [5.74, 6) is -3.44. The molecule has 0 radical (unpaired) electrons. The van der Waals surface area contributed by atoms with Gasteiger partial charge in [-0.05, 0) is 47.0 Å². The maximum atomic E-state index is 13.2. The van der Waals surface area contributed by atoms with E-state index in [4.69, 9.17) is 43.6 Å². The third-order valence-electron chi connectivity index (χ3n) is 7.66. The molecule has 0 spiro atoms. The molecule has 6 amide bonds. The molecule has 0 rings (SSSR count). The van der Waals surface area contributed by atoms with Crippen LogP contribution in [-0.4, -0.2) is 160 Å². The Kier molecular flexibility index (Phi) is 30.5. The number of carbonyl (C=O) groups excluding carboxylic acids is 6. The van der Waals surface area contributed by atoms with E-state index in [1.807, 2.05) is 0 Å². The van der Waals surface area contributed by atoms with Gasteiger partial charge >= 0.3 is 0 Å². The summed E-state index contributed by atoms with van der Waals surface area (Å²) in [5, 5.41) is 15.8. The van der Waals surface area contributed by atoms with Crippen molar-refractivity contribution in [1.29, 1.82) is 0 Å². The predicted molar refractivity (Wildman–Crippen MR) is 201 cm³/mol. The van der Waals surface area contributed by atoms with Gasteiger partial charge in [0.15, 0.2) is 0 Å². The summed E-state index contributed by atoms with van der Waals surface area (Å²) in [7, 11) is 6.05. The summed E-state index contributed by atoms with van der Waals surface area (Å²) < 4.78 is 41.6. The Hall–Kier alpha value is -3.54. The molecule has 7 unspecified atom stereocenters. The Morgan fingerprint density at radius 3 is 1.07 bits per heavy atom. The van der Waals surface area contributed by atoms with Crippen LogP contribution in [0.15, 0.2) is 0 Å². The molecule has 56 heavy (non-hydrogen) atoms. The van der Waals surface area contributed by atoms with E-state index < -0.39 is 78.5 Å². The summed E-state index contributed by atoms with van der Waals surface area (Å²) in [6.07, 6.45) is -3.60. The zero-order chi connectivity index (χ0) is 42.3. The topological polar surface area (TPSA) is 274 Å². The Balaban J connectivity index is 5.50. The van der Waals surface area contributed by atoms with Crippen LogP contribution in [0.1, 0.15) is 66.2 Å². The van der Waals surface area contributed by atoms with Crippen LogP contribution < -0.4 is 37.6 Å². The van der Waals surface area contributed by atoms with Crippen molar-refractivity contribution in [2.24, 2.45) is 5.73 Å². The molecule has 0 bridgehead atoms. The summed E-state index contributed by atoms with van der Waals surface area (Å²) in [6.45, 7) is 8.68. The Labute approximate surface area is 330 Å². The lowest BCUT2D eigenvalue weighted by Gasteiger charge is -2.24. The normalized spacial score (nSPS) is 14.9. The summed E-state index contributed by atoms with van der Waals surface area (Å²) in [6, 6.07) is -3.58. The molecule has 0 fully saturated rings. The number of ether oxygens (including phenoxy) is 8. The second kappa shape index (κ2) is 32.5. The molecule has 0 aromatic heterocycles. The fourth-order valence-electron chi connectivity index (χ4n) is 4.65. The summed E-state index contributed by atoms with van der Waals surface area (Å²) in [5.41, 5.74) is 6.13. The van der Waals surface area contributed by atoms with E-state index in [1.54, 1.807) is 27.7 Å². The molecule has 7 atom stereocenters. The Morgan fingerprint density at radius 2 is 0.714 bits per heavy atom. The summed E-state index contributed by atoms with van der Waals surface area (Å²) in [4.78, 5) is 77.7. The van der Waals surface area contributed by atoms with E-state index >= 15 is 0 Å². The number of carbonyl (C=O) groups is 6. The SMILES string of the molecule is COCCOC(C)NC(=O)CCC(NC(=O)CCC(N)C(=O)NC(CCC(=O)NC(C)OCCOC)C(=O)NC(C)OCCOC)C(=O)NC(C)OCCOC. The molecule has 21 heteroatoms. The van der Waals surface area contributed by atoms with E-state index in [9.17, 15) is 28.8 Å². The molecule has 0 saturated carbocycles. The van der Waals surface area contributed by atoms with Crippen LogP contribution in [0.5, 0.6) is 0 Å². The molecule has 0 aliphatic rings. The van der Waals surface area contributed by atoms with Crippen molar-refractivity contribution >= 4 is 35.4 Å². The fraction of sp³-hybridized carbons (Fsp3) is 0.829. The number of hydrogen-bond donors (Lipinski definition) is 7. The van der Waals surface area contributed by atoms with Crippen molar-refractivity contribution in [2.45, 2.75) is 109 Å². The van der Waals surface area contributed by atoms with Crippen LogP contribution in [0, 0.1) is 0 Å². The van der Waals surface area contributed by atoms with Gasteiger partial charge < -0.3 is 75.5 Å². The lowest BCUT2D eigenvalue weighted by Crippen LogP contribution is -2.54. The fourth-order valence-corrected chi connectivity index (χ4v) is 4.65. The first-order valence-electron chi connectivity index (χ1n) is 18.6. The van der Waals surface area contributed by atoms with Gasteiger partial charge in [-0.3, -0.25) is 28.8 Å². The van der Waals surface area contributed by atoms with Gasteiger partial charge in [0.2, 0.25) is 35.4 Å². The molecular formula is C35H67N7O14. The van der Waals surface area contributed by atoms with E-state index in [0.717, 1.165) is 0 Å². The number of amides is 6. The zero-order valence-corrected chi connectivity index (χ0v) is 34.2. The third kappa shape index (κ3) is 27.1. The van der Waals surface area contributed by atoms with Gasteiger partial charge in [0, 0.05) is 47.7 Å². The van der Waals surface area contributed by atoms with E-state index in [2.05, 4.69) is 31.9 Å². The van der Waals surface area contributed by atoms with Crippen molar-refractivity contribution < 1.29 is 66.7 Å². The molecule has 0 aromatic rings. The van der Waals surface area contributed by atoms with E-state index in [0.29, 0.717) is 26.4 Å². The minimum atomic E-state index is -1.25. The van der Waals surface area contributed by atoms with Crippen LogP contribution in [0.4, 0.5) is 0 Å². The second-order valence-corrected chi connectivity index (χ2v) is 12.6. The standard InChI is InChI=1S/C35H67N7O14/c1-23(53-19-15-49-5)37-30(43)13-10-28(34(47)39-25(3)55-21-17-51-7)41-32(45)12-9-27(36)33(46)42-29(35(48)40-26(4)56-22-18-52-8)11-14-31(44)38-24(2)54-20-16-50-6/h23-29H,9-22,36H2,1-8H3,(H,37,43)(H,38,44)(H,39,47)(H,40,48)(H,41,45)(H,42,46). The van der Waals surface area contributed by atoms with Crippen molar-refractivity contribution in [3.05, 3.63) is 0 Å². The van der Waals surface area contributed by atoms with Crippen LogP contribution in [-0.2, 0) is 66.7 Å². The van der Waals surface area contributed by atoms with Crippen LogP contribution >= 0.6 is 0 Å². The maximum absolute atomic E-state index is 13.2. The van der Waals surface area contributed by atoms with Crippen LogP contribution in [0.25, 0.3) is 0 Å². The minimum Gasteiger partial charge on any atom is -0.382 e. The van der Waals surface area contributed by atoms with Crippen molar-refractivity contribution in [3.63, 3.8) is 0 Å². The van der Waals surface area contributed by atoms with Crippen molar-refractivity contribution in [1.82, 2.24) is 31.9 Å². The maximum Gasteiger partial charge on any atom is 0.244 e. The minimum absolute atomic E-state index is 0.0679. The summed E-state index contributed by atoms with van der Waals surface area (Å²) >= 11 is 0. The predicted octanol–water partition coefficient (Wildman–Crippen LogP) is -1.88. The molecule has 0 saturated heterocycles. The molecule has 0 aromatic carbocycles. The molecule has 0 heterocycles. The number of methoxy groups -OCH3 is 4. The van der Waals surface area contributed by atoms with Gasteiger partial charge in [0.05, 0.1) is 58.9 Å². The highest BCUT2D eigenvalue weighted by Crippen LogP contribution is 2.06. The molecule has 21 nitrogen and oxygen atoms in total. The molecule has 326 valence electrons. The number of hydrogen-bond acceptors (Lipinski definition) is 15. The first-order chi connectivity index (χ1) is 26.7. The van der Waals surface area contributed by atoms with Crippen molar-refractivity contribution in [3.8, 4) is 0 Å². The molecular weight excluding hydrogens is 742 g/mol. The van der Waals surface area contributed by atoms with Gasteiger partial charge in [0.1, 0.15) is 37.0 Å². The zero-order valence-electron chi connectivity index (χ0n) is 34.2. The van der Waals surface area contributed by atoms with Crippen LogP contribution in [0.2, 0.25) is 0 Å². The smallest absolute Gasteiger partial charge is 0.244 e. The Morgan fingerprint density at radius 1 is 0.411 bits per heavy atom. The van der Waals surface area contributed by atoms with Crippen LogP contribution in [0.3, 0.4) is 0 Å². The first kappa shape index (κ1) is 52.5. The average Bonchev–Trinajstić information content (AvgIpc) is 3.14. The lowest BCUT2D eigenvalue weighted by atomic mass is 10.1. The van der Waals surface area contributed by atoms with Gasteiger partial charge in [-0.1, -0.05) is 0 Å². The highest BCUT2D eigenvalue weighted by Gasteiger charge is 2.28. The number of nitrogens with two attached hydrogens (primary N) is 1. The highest BCUT2D eigenvalue weighted by molar-refractivity contribution is 5.91. The number of rotatable bonds is 34. The average molecular weight is 810 g/mol. The van der Waals surface area contributed by atoms with Gasteiger partial charge in [-0.25, -0.2) is 0 Å². The highest BCUT2D eigenvalue weighted by atomic mass is 16.5. The second-order valence-electron chi connectivity index (χ2n) is 12.6. The molecule has 0 aliphatic carbocycles. The number of nitrogens with one attached hydrogen (secondary N) is 6. The molecule has 0 aliphatic heterocycles. The quantitative estimate of drug-likeness (QED) is 0.0277. The third-order valence-corrected chi connectivity index (χ3v) is 7.66.